The second-order valence-electron chi connectivity index (χ2n) is 16.2. The van der Waals surface area contributed by atoms with Gasteiger partial charge >= 0.3 is 17.8 Å². The molecule has 66 heavy (non-hydrogen) atoms. The third-order valence-corrected chi connectivity index (χ3v) is 10.6. The molecule has 3 heterocycles. The number of ether oxygens (including phenoxy) is 3. The number of nitrogen functional groups attached to an aromatic ring is 1. The number of aromatic amines is 1. The van der Waals surface area contributed by atoms with Gasteiger partial charge in [0.25, 0.3) is 0 Å². The number of benzene rings is 2. The Balaban J connectivity index is 1.08. The number of pyridine rings is 1. The molecule has 0 fully saturated rings. The molecule has 0 aliphatic carbocycles. The van der Waals surface area contributed by atoms with Crippen molar-refractivity contribution in [1.29, 1.82) is 0 Å². The summed E-state index contributed by atoms with van der Waals surface area (Å²) < 4.78 is 18.3. The Hall–Kier alpha value is -7.19. The van der Waals surface area contributed by atoms with E-state index in [-0.39, 0.29) is 87.5 Å². The molecule has 0 saturated heterocycles. The van der Waals surface area contributed by atoms with E-state index in [2.05, 4.69) is 30.6 Å². The summed E-state index contributed by atoms with van der Waals surface area (Å²) in [6.07, 6.45) is 1.88. The molecule has 2 atom stereocenters. The Morgan fingerprint density at radius 1 is 0.924 bits per heavy atom. The number of carbonyl (C=O) groups excluding carboxylic acids is 5. The third kappa shape index (κ3) is 14.9. The fourth-order valence-corrected chi connectivity index (χ4v) is 6.97. The molecular weight excluding hydrogens is 851 g/mol. The minimum absolute atomic E-state index is 0.00282. The zero-order valence-electron chi connectivity index (χ0n) is 37.7. The fourth-order valence-electron chi connectivity index (χ4n) is 6.97. The molecule has 0 aliphatic heterocycles. The van der Waals surface area contributed by atoms with Crippen molar-refractivity contribution in [2.75, 3.05) is 39.1 Å². The quantitative estimate of drug-likeness (QED) is 0.0456. The first-order valence-corrected chi connectivity index (χ1v) is 21.7. The molecule has 0 saturated carbocycles. The maximum atomic E-state index is 13.6. The summed E-state index contributed by atoms with van der Waals surface area (Å²) >= 11 is 0. The molecule has 9 N–H and O–H groups in total. The number of nitrogens with zero attached hydrogens (tertiary/aromatic N) is 5. The van der Waals surface area contributed by atoms with E-state index in [9.17, 15) is 28.8 Å². The number of amides is 4. The minimum atomic E-state index is -0.869. The smallest absolute Gasteiger partial charge is 0.410 e. The molecule has 3 aromatic heterocycles. The second kappa shape index (κ2) is 24.2. The van der Waals surface area contributed by atoms with Crippen LogP contribution in [0.25, 0.3) is 11.2 Å². The molecule has 0 bridgehead atoms. The van der Waals surface area contributed by atoms with E-state index in [0.29, 0.717) is 59.3 Å². The highest BCUT2D eigenvalue weighted by atomic mass is 16.6. The van der Waals surface area contributed by atoms with Gasteiger partial charge in [-0.25, -0.2) is 29.3 Å². The topological polar surface area (TPSA) is 295 Å². The number of aromatic nitrogens is 5. The summed E-state index contributed by atoms with van der Waals surface area (Å²) in [5, 5.41) is 5.37. The van der Waals surface area contributed by atoms with Gasteiger partial charge in [-0.1, -0.05) is 56.3 Å². The molecule has 0 unspecified atom stereocenters. The van der Waals surface area contributed by atoms with Gasteiger partial charge in [0.1, 0.15) is 29.5 Å². The van der Waals surface area contributed by atoms with Gasteiger partial charge in [0.15, 0.2) is 17.2 Å². The Kier molecular flexibility index (Phi) is 18.3. The van der Waals surface area contributed by atoms with Crippen molar-refractivity contribution in [1.82, 2.24) is 40.0 Å². The van der Waals surface area contributed by atoms with Crippen LogP contribution in [-0.4, -0.2) is 98.4 Å². The number of aryl methyl sites for hydroxylation is 1. The predicted molar refractivity (Wildman–Crippen MR) is 245 cm³/mol. The standard InChI is InChI=1S/C46H59N11O9/c1-28(2)36(23-34(58)17-20-64-21-18-47)43(60)54-37(6-5-19-50-44(49)61)38(59)22-30-7-9-32(10-8-30)27-65-46(63)56(4)25-31-11-14-35(15-12-31)66-39-16-13-33(24-51-39)26-57-42-40(55-45(57)62)41(48)52-29(3)53-42/h7-16,24,28,36-37H,5-6,17-23,25-27,47H2,1-4H3,(H,54,60)(H,55,62)(H2,48,52,53)(H3,49,50,61)/t36-,37-/m0/s1. The first-order valence-electron chi connectivity index (χ1n) is 21.7. The zero-order valence-corrected chi connectivity index (χ0v) is 37.7. The number of ketones is 2. The molecule has 5 aromatic rings. The number of carbonyl (C=O) groups is 5. The number of fused-ring (bicyclic) bond motifs is 1. The summed E-state index contributed by atoms with van der Waals surface area (Å²) in [4.78, 5) is 93.4. The number of imidazole rings is 1. The van der Waals surface area contributed by atoms with Crippen LogP contribution in [0.3, 0.4) is 0 Å². The SMILES string of the molecule is Cc1nc(N)c2[nH]c(=O)n(Cc3ccc(Oc4ccc(CN(C)C(=O)OCc5ccc(CC(=O)[C@H](CCCNC(N)=O)NC(=O)[C@@H](CC(=O)CCOCCN)C(C)C)cc5)cc4)nc3)c2n1. The van der Waals surface area contributed by atoms with Crippen molar-refractivity contribution in [3.05, 3.63) is 105 Å². The van der Waals surface area contributed by atoms with Crippen molar-refractivity contribution in [2.24, 2.45) is 23.3 Å². The van der Waals surface area contributed by atoms with Crippen LogP contribution in [0.5, 0.6) is 11.6 Å². The lowest BCUT2D eigenvalue weighted by Crippen LogP contribution is -2.46. The van der Waals surface area contributed by atoms with Crippen LogP contribution in [0.1, 0.15) is 67.6 Å². The largest absolute Gasteiger partial charge is 0.445 e. The van der Waals surface area contributed by atoms with Crippen LogP contribution in [0.15, 0.2) is 71.7 Å². The molecular formula is C46H59N11O9. The molecule has 5 rings (SSSR count). The Morgan fingerprint density at radius 3 is 2.29 bits per heavy atom. The highest BCUT2D eigenvalue weighted by molar-refractivity contribution is 5.93. The number of H-pyrrole nitrogens is 1. The van der Waals surface area contributed by atoms with Crippen LogP contribution in [0.4, 0.5) is 15.4 Å². The molecule has 0 aliphatic rings. The fraction of sp³-hybridized carbons (Fsp3) is 0.413. The number of nitrogens with two attached hydrogens (primary N) is 3. The van der Waals surface area contributed by atoms with Gasteiger partial charge in [-0.15, -0.1) is 0 Å². The lowest BCUT2D eigenvalue weighted by Gasteiger charge is -2.24. The van der Waals surface area contributed by atoms with Crippen LogP contribution in [-0.2, 0) is 50.0 Å². The molecule has 0 radical (unpaired) electrons. The highest BCUT2D eigenvalue weighted by Crippen LogP contribution is 2.22. The Bertz CT molecular complexity index is 2490. The van der Waals surface area contributed by atoms with Crippen LogP contribution in [0.2, 0.25) is 0 Å². The number of nitrogens with one attached hydrogen (secondary N) is 3. The van der Waals surface area contributed by atoms with Gasteiger partial charge < -0.3 is 51.9 Å². The number of hydrogen-bond acceptors (Lipinski definition) is 14. The summed E-state index contributed by atoms with van der Waals surface area (Å²) in [6, 6.07) is 16.2. The average molecular weight is 910 g/mol. The Morgan fingerprint density at radius 2 is 1.62 bits per heavy atom. The van der Waals surface area contributed by atoms with Crippen molar-refractivity contribution < 1.29 is 38.2 Å². The van der Waals surface area contributed by atoms with E-state index < -0.39 is 30.0 Å². The summed E-state index contributed by atoms with van der Waals surface area (Å²) in [7, 11) is 1.63. The summed E-state index contributed by atoms with van der Waals surface area (Å²) in [6.45, 7) is 7.00. The zero-order chi connectivity index (χ0) is 47.8. The van der Waals surface area contributed by atoms with E-state index in [1.165, 1.54) is 9.47 Å². The lowest BCUT2D eigenvalue weighted by atomic mass is 9.88. The second-order valence-corrected chi connectivity index (χ2v) is 16.2. The normalized spacial score (nSPS) is 12.1. The molecule has 20 heteroatoms. The van der Waals surface area contributed by atoms with Gasteiger partial charge in [-0.2, -0.15) is 0 Å². The minimum Gasteiger partial charge on any atom is -0.445 e. The van der Waals surface area contributed by atoms with Crippen molar-refractivity contribution in [2.45, 2.75) is 78.6 Å². The van der Waals surface area contributed by atoms with E-state index in [0.717, 1.165) is 11.1 Å². The molecule has 20 nitrogen and oxygen atoms in total. The maximum absolute atomic E-state index is 13.6. The number of primary amides is 1. The van der Waals surface area contributed by atoms with E-state index in [4.69, 9.17) is 31.4 Å². The lowest BCUT2D eigenvalue weighted by molar-refractivity contribution is -0.133. The van der Waals surface area contributed by atoms with Gasteiger partial charge in [0.2, 0.25) is 11.8 Å². The van der Waals surface area contributed by atoms with Crippen LogP contribution >= 0.6 is 0 Å². The van der Waals surface area contributed by atoms with Gasteiger partial charge in [0.05, 0.1) is 25.8 Å². The first-order chi connectivity index (χ1) is 31.6. The molecule has 4 amide bonds. The predicted octanol–water partition coefficient (Wildman–Crippen LogP) is 3.66. The Labute approximate surface area is 382 Å². The third-order valence-electron chi connectivity index (χ3n) is 10.6. The maximum Gasteiger partial charge on any atom is 0.410 e. The van der Waals surface area contributed by atoms with Gasteiger partial charge in [-0.05, 0) is 60.1 Å². The number of rotatable bonds is 25. The van der Waals surface area contributed by atoms with Crippen LogP contribution in [0, 0.1) is 18.8 Å². The number of urea groups is 1. The monoisotopic (exact) mass is 909 g/mol. The highest BCUT2D eigenvalue weighted by Gasteiger charge is 2.29. The molecule has 0 spiro atoms. The average Bonchev–Trinajstić information content (AvgIpc) is 3.59. The van der Waals surface area contributed by atoms with Crippen molar-refractivity contribution >= 4 is 46.6 Å². The molecule has 352 valence electrons. The van der Waals surface area contributed by atoms with Gasteiger partial charge in [-0.3, -0.25) is 19.0 Å². The number of Topliss-reactive ketones (excluding diaryl/α,β-unsaturated/α-hetero) is 2. The summed E-state index contributed by atoms with van der Waals surface area (Å²) in [5.74, 6) is -0.0408. The van der Waals surface area contributed by atoms with E-state index >= 15 is 0 Å². The van der Waals surface area contributed by atoms with Crippen molar-refractivity contribution in [3.8, 4) is 11.6 Å². The van der Waals surface area contributed by atoms with Crippen LogP contribution < -0.4 is 38.3 Å². The first kappa shape index (κ1) is 49.8. The summed E-state index contributed by atoms with van der Waals surface area (Å²) in [5.41, 5.74) is 20.0. The van der Waals surface area contributed by atoms with Crippen molar-refractivity contribution in [3.63, 3.8) is 0 Å². The van der Waals surface area contributed by atoms with E-state index in [1.807, 2.05) is 26.0 Å². The number of anilines is 1. The molecule has 2 aromatic carbocycles. The van der Waals surface area contributed by atoms with E-state index in [1.54, 1.807) is 68.7 Å². The number of hydrogen-bond donors (Lipinski definition) is 6. The van der Waals surface area contributed by atoms with Gasteiger partial charge in [0, 0.05) is 64.1 Å².